The van der Waals surface area contributed by atoms with Crippen LogP contribution in [0.5, 0.6) is 0 Å². The monoisotopic (exact) mass is 323 g/mol. The van der Waals surface area contributed by atoms with Gasteiger partial charge in [-0.25, -0.2) is 4.79 Å². The Labute approximate surface area is 133 Å². The average Bonchev–Trinajstić information content (AvgIpc) is 2.58. The molecule has 2 fully saturated rings. The molecule has 1 amide bonds. The zero-order valence-corrected chi connectivity index (χ0v) is 12.7. The zero-order chi connectivity index (χ0) is 16.4. The molecular formula is C17H19F2NO3. The van der Waals surface area contributed by atoms with Crippen LogP contribution in [-0.2, 0) is 16.1 Å². The minimum atomic E-state index is -3.35. The van der Waals surface area contributed by atoms with E-state index in [0.29, 0.717) is 12.8 Å². The van der Waals surface area contributed by atoms with Crippen LogP contribution in [0.2, 0.25) is 0 Å². The Hall–Kier alpha value is -1.98. The van der Waals surface area contributed by atoms with Crippen LogP contribution in [0.4, 0.5) is 13.6 Å². The van der Waals surface area contributed by atoms with E-state index in [1.54, 1.807) is 0 Å². The number of rotatable bonds is 2. The fourth-order valence-electron chi connectivity index (χ4n) is 3.43. The van der Waals surface area contributed by atoms with E-state index in [-0.39, 0.29) is 13.0 Å². The van der Waals surface area contributed by atoms with Crippen molar-refractivity contribution in [3.63, 3.8) is 0 Å². The number of benzene rings is 1. The van der Waals surface area contributed by atoms with Crippen LogP contribution in [-0.4, -0.2) is 34.8 Å². The average molecular weight is 323 g/mol. The number of amides is 1. The molecule has 2 bridgehead atoms. The number of carbonyl (C=O) groups is 2. The first kappa shape index (κ1) is 15.9. The van der Waals surface area contributed by atoms with E-state index >= 15 is 0 Å². The summed E-state index contributed by atoms with van der Waals surface area (Å²) in [5.74, 6) is -4.41. The van der Waals surface area contributed by atoms with Crippen molar-refractivity contribution >= 4 is 11.9 Å². The fourth-order valence-corrected chi connectivity index (χ4v) is 3.43. The van der Waals surface area contributed by atoms with Gasteiger partial charge in [0, 0.05) is 24.9 Å². The third-order valence-corrected chi connectivity index (χ3v) is 4.60. The fraction of sp³-hybridized carbons (Fsp3) is 0.529. The summed E-state index contributed by atoms with van der Waals surface area (Å²) in [6.45, 7) is 0.0972. The number of ether oxygens (including phenoxy) is 1. The van der Waals surface area contributed by atoms with Crippen molar-refractivity contribution in [3.8, 4) is 0 Å². The number of piperidine rings is 1. The molecule has 2 unspecified atom stereocenters. The molecule has 1 aromatic rings. The van der Waals surface area contributed by atoms with Crippen LogP contribution in [0.15, 0.2) is 30.3 Å². The highest BCUT2D eigenvalue weighted by Crippen LogP contribution is 2.38. The van der Waals surface area contributed by atoms with Gasteiger partial charge >= 0.3 is 12.0 Å². The largest absolute Gasteiger partial charge is 0.445 e. The third kappa shape index (κ3) is 3.35. The summed E-state index contributed by atoms with van der Waals surface area (Å²) in [7, 11) is 0. The van der Waals surface area contributed by atoms with Crippen molar-refractivity contribution in [2.24, 2.45) is 0 Å². The smallest absolute Gasteiger partial charge is 0.410 e. The van der Waals surface area contributed by atoms with Gasteiger partial charge in [0.2, 0.25) is 5.78 Å². The molecule has 2 saturated heterocycles. The molecule has 124 valence electrons. The number of Topliss-reactive ketones (excluding diaryl/α,β-unsaturated/α-hetero) is 1. The van der Waals surface area contributed by atoms with Crippen molar-refractivity contribution < 1.29 is 23.1 Å². The second kappa shape index (κ2) is 6.26. The molecule has 0 N–H and O–H groups in total. The number of fused-ring (bicyclic) bond motifs is 2. The Morgan fingerprint density at radius 3 is 2.65 bits per heavy atom. The van der Waals surface area contributed by atoms with Gasteiger partial charge in [0.1, 0.15) is 6.61 Å². The van der Waals surface area contributed by atoms with Crippen LogP contribution >= 0.6 is 0 Å². The van der Waals surface area contributed by atoms with Crippen LogP contribution in [0.3, 0.4) is 0 Å². The predicted octanol–water partition coefficient (Wildman–Crippen LogP) is 3.54. The van der Waals surface area contributed by atoms with Gasteiger partial charge in [-0.1, -0.05) is 30.3 Å². The summed E-state index contributed by atoms with van der Waals surface area (Å²) in [5.41, 5.74) is 0.835. The van der Waals surface area contributed by atoms with Crippen molar-refractivity contribution in [1.29, 1.82) is 0 Å². The van der Waals surface area contributed by atoms with E-state index in [1.807, 2.05) is 30.3 Å². The Balaban J connectivity index is 1.72. The number of nitrogens with zero attached hydrogens (tertiary/aromatic N) is 1. The first-order chi connectivity index (χ1) is 11.0. The summed E-state index contributed by atoms with van der Waals surface area (Å²) in [5, 5.41) is 0. The van der Waals surface area contributed by atoms with Gasteiger partial charge in [-0.2, -0.15) is 8.78 Å². The highest BCUT2D eigenvalue weighted by molar-refractivity contribution is 5.87. The maximum Gasteiger partial charge on any atom is 0.410 e. The normalized spacial score (nSPS) is 26.5. The molecule has 3 rings (SSSR count). The van der Waals surface area contributed by atoms with Crippen molar-refractivity contribution in [2.75, 3.05) is 0 Å². The van der Waals surface area contributed by atoms with E-state index < -0.39 is 36.3 Å². The van der Waals surface area contributed by atoms with Crippen LogP contribution in [0.1, 0.15) is 37.7 Å². The van der Waals surface area contributed by atoms with Crippen LogP contribution in [0, 0.1) is 0 Å². The number of ketones is 1. The predicted molar refractivity (Wildman–Crippen MR) is 79.1 cm³/mol. The Bertz CT molecular complexity index is 591. The molecule has 0 saturated carbocycles. The molecule has 6 heteroatoms. The quantitative estimate of drug-likeness (QED) is 0.836. The SMILES string of the molecule is O=C(OCc1ccccc1)N1C2CCCC1CC(F)(F)C(=O)C2. The van der Waals surface area contributed by atoms with E-state index in [1.165, 1.54) is 4.90 Å². The maximum absolute atomic E-state index is 13.9. The minimum absolute atomic E-state index is 0.0972. The molecule has 2 aliphatic heterocycles. The molecule has 0 spiro atoms. The molecule has 1 aromatic carbocycles. The highest BCUT2D eigenvalue weighted by Gasteiger charge is 2.50. The van der Waals surface area contributed by atoms with Gasteiger partial charge in [0.15, 0.2) is 0 Å². The zero-order valence-electron chi connectivity index (χ0n) is 12.7. The first-order valence-electron chi connectivity index (χ1n) is 7.87. The van der Waals surface area contributed by atoms with Crippen molar-refractivity contribution in [2.45, 2.75) is 56.7 Å². The first-order valence-corrected chi connectivity index (χ1v) is 7.87. The number of hydrogen-bond donors (Lipinski definition) is 0. The van der Waals surface area contributed by atoms with Gasteiger partial charge in [-0.15, -0.1) is 0 Å². The van der Waals surface area contributed by atoms with Gasteiger partial charge in [-0.05, 0) is 24.8 Å². The summed E-state index contributed by atoms with van der Waals surface area (Å²) < 4.78 is 33.0. The number of halogens is 2. The minimum Gasteiger partial charge on any atom is -0.445 e. The molecule has 2 atom stereocenters. The summed E-state index contributed by atoms with van der Waals surface area (Å²) in [4.78, 5) is 25.5. The Kier molecular flexibility index (Phi) is 4.33. The number of hydrogen-bond acceptors (Lipinski definition) is 3. The lowest BCUT2D eigenvalue weighted by atomic mass is 9.95. The summed E-state index contributed by atoms with van der Waals surface area (Å²) in [6.07, 6.45) is 0.320. The molecule has 0 aliphatic carbocycles. The summed E-state index contributed by atoms with van der Waals surface area (Å²) in [6, 6.07) is 8.09. The lowest BCUT2D eigenvalue weighted by Gasteiger charge is -2.39. The molecule has 0 aromatic heterocycles. The number of alkyl halides is 2. The highest BCUT2D eigenvalue weighted by atomic mass is 19.3. The third-order valence-electron chi connectivity index (χ3n) is 4.60. The van der Waals surface area contributed by atoms with Crippen LogP contribution in [0.25, 0.3) is 0 Å². The molecular weight excluding hydrogens is 304 g/mol. The van der Waals surface area contributed by atoms with Gasteiger partial charge < -0.3 is 9.64 Å². The second-order valence-electron chi connectivity index (χ2n) is 6.22. The van der Waals surface area contributed by atoms with Gasteiger partial charge in [0.05, 0.1) is 0 Å². The molecule has 23 heavy (non-hydrogen) atoms. The van der Waals surface area contributed by atoms with Crippen molar-refractivity contribution in [3.05, 3.63) is 35.9 Å². The van der Waals surface area contributed by atoms with Crippen LogP contribution < -0.4 is 0 Å². The second-order valence-corrected chi connectivity index (χ2v) is 6.22. The molecule has 2 aliphatic rings. The molecule has 2 heterocycles. The summed E-state index contributed by atoms with van der Waals surface area (Å²) >= 11 is 0. The lowest BCUT2D eigenvalue weighted by Crippen LogP contribution is -2.49. The van der Waals surface area contributed by atoms with Gasteiger partial charge in [-0.3, -0.25) is 4.79 Å². The van der Waals surface area contributed by atoms with Crippen molar-refractivity contribution in [1.82, 2.24) is 4.90 Å². The topological polar surface area (TPSA) is 46.6 Å². The number of carbonyl (C=O) groups excluding carboxylic acids is 2. The van der Waals surface area contributed by atoms with E-state index in [0.717, 1.165) is 12.0 Å². The maximum atomic E-state index is 13.9. The lowest BCUT2D eigenvalue weighted by molar-refractivity contribution is -0.143. The van der Waals surface area contributed by atoms with E-state index in [9.17, 15) is 18.4 Å². The van der Waals surface area contributed by atoms with Gasteiger partial charge in [0.25, 0.3) is 0 Å². The standard InChI is InChI=1S/C17H19F2NO3/c18-17(19)10-14-8-4-7-13(9-15(17)21)20(14)16(22)23-11-12-5-2-1-3-6-12/h1-3,5-6,13-14H,4,7-11H2. The Morgan fingerprint density at radius 2 is 1.91 bits per heavy atom. The van der Waals surface area contributed by atoms with E-state index in [4.69, 9.17) is 4.74 Å². The molecule has 4 nitrogen and oxygen atoms in total. The van der Waals surface area contributed by atoms with E-state index in [2.05, 4.69) is 0 Å². The molecule has 0 radical (unpaired) electrons. The Morgan fingerprint density at radius 1 is 1.22 bits per heavy atom.